The van der Waals surface area contributed by atoms with Crippen LogP contribution < -0.4 is 0 Å². The summed E-state index contributed by atoms with van der Waals surface area (Å²) >= 11 is 0. The predicted octanol–water partition coefficient (Wildman–Crippen LogP) is 2.96. The quantitative estimate of drug-likeness (QED) is 0.719. The third-order valence-corrected chi connectivity index (χ3v) is 2.46. The number of carbonyl (C=O) groups is 1. The standard InChI is InChI=1S/C11H9F2NO/c1-5-9-7(12)3-4-8(13)11(9)14-10(5)6(2)15/h3-4,14H,1-2H3. The molecule has 1 heterocycles. The Labute approximate surface area is 84.9 Å². The lowest BCUT2D eigenvalue weighted by atomic mass is 10.1. The van der Waals surface area contributed by atoms with Crippen LogP contribution in [-0.4, -0.2) is 10.8 Å². The molecule has 0 fully saturated rings. The van der Waals surface area contributed by atoms with Crippen LogP contribution in [-0.2, 0) is 0 Å². The van der Waals surface area contributed by atoms with Gasteiger partial charge in [0.1, 0.15) is 11.6 Å². The number of hydrogen-bond acceptors (Lipinski definition) is 1. The first-order chi connectivity index (χ1) is 7.02. The Morgan fingerprint density at radius 2 is 1.87 bits per heavy atom. The van der Waals surface area contributed by atoms with E-state index in [4.69, 9.17) is 0 Å². The minimum Gasteiger partial charge on any atom is -0.349 e. The molecule has 0 aliphatic heterocycles. The van der Waals surface area contributed by atoms with E-state index in [1.165, 1.54) is 6.92 Å². The highest BCUT2D eigenvalue weighted by molar-refractivity contribution is 6.01. The van der Waals surface area contributed by atoms with Gasteiger partial charge >= 0.3 is 0 Å². The minimum absolute atomic E-state index is 0.0534. The number of nitrogens with one attached hydrogen (secondary N) is 1. The van der Waals surface area contributed by atoms with Gasteiger partial charge in [-0.2, -0.15) is 0 Å². The third kappa shape index (κ3) is 1.33. The molecule has 2 rings (SSSR count). The van der Waals surface area contributed by atoms with Gasteiger partial charge in [-0.15, -0.1) is 0 Å². The van der Waals surface area contributed by atoms with Crippen molar-refractivity contribution in [3.05, 3.63) is 35.0 Å². The van der Waals surface area contributed by atoms with E-state index in [1.54, 1.807) is 6.92 Å². The van der Waals surface area contributed by atoms with E-state index < -0.39 is 11.6 Å². The highest BCUT2D eigenvalue weighted by Gasteiger charge is 2.16. The number of fused-ring (bicyclic) bond motifs is 1. The first-order valence-electron chi connectivity index (χ1n) is 4.49. The van der Waals surface area contributed by atoms with Crippen LogP contribution in [0.3, 0.4) is 0 Å². The second-order valence-corrected chi connectivity index (χ2v) is 3.46. The van der Waals surface area contributed by atoms with Crippen molar-refractivity contribution in [1.29, 1.82) is 0 Å². The van der Waals surface area contributed by atoms with E-state index in [9.17, 15) is 13.6 Å². The molecule has 15 heavy (non-hydrogen) atoms. The number of rotatable bonds is 1. The zero-order valence-electron chi connectivity index (χ0n) is 8.32. The summed E-state index contributed by atoms with van der Waals surface area (Å²) < 4.78 is 26.7. The molecule has 2 nitrogen and oxygen atoms in total. The summed E-state index contributed by atoms with van der Waals surface area (Å²) in [4.78, 5) is 13.8. The Bertz CT molecular complexity index is 557. The van der Waals surface area contributed by atoms with Crippen LogP contribution in [0.15, 0.2) is 12.1 Å². The average Bonchev–Trinajstić information content (AvgIpc) is 2.51. The van der Waals surface area contributed by atoms with Crippen molar-refractivity contribution in [2.45, 2.75) is 13.8 Å². The Morgan fingerprint density at radius 3 is 2.40 bits per heavy atom. The number of halogens is 2. The Kier molecular flexibility index (Phi) is 2.07. The summed E-state index contributed by atoms with van der Waals surface area (Å²) in [6.07, 6.45) is 0. The molecule has 1 N–H and O–H groups in total. The van der Waals surface area contributed by atoms with Gasteiger partial charge in [0, 0.05) is 12.3 Å². The fraction of sp³-hybridized carbons (Fsp3) is 0.182. The Hall–Kier alpha value is -1.71. The minimum atomic E-state index is -0.554. The van der Waals surface area contributed by atoms with Gasteiger partial charge < -0.3 is 4.98 Å². The van der Waals surface area contributed by atoms with Crippen LogP contribution in [0, 0.1) is 18.6 Å². The van der Waals surface area contributed by atoms with Crippen molar-refractivity contribution < 1.29 is 13.6 Å². The number of benzene rings is 1. The van der Waals surface area contributed by atoms with Crippen molar-refractivity contribution in [3.8, 4) is 0 Å². The number of aromatic amines is 1. The molecule has 0 atom stereocenters. The van der Waals surface area contributed by atoms with Gasteiger partial charge in [-0.25, -0.2) is 8.78 Å². The molecule has 1 aromatic carbocycles. The topological polar surface area (TPSA) is 32.9 Å². The summed E-state index contributed by atoms with van der Waals surface area (Å²) in [6.45, 7) is 2.95. The molecule has 0 aliphatic rings. The molecule has 0 spiro atoms. The summed E-state index contributed by atoms with van der Waals surface area (Å²) in [6, 6.07) is 2.10. The second-order valence-electron chi connectivity index (χ2n) is 3.46. The first-order valence-corrected chi connectivity index (χ1v) is 4.49. The number of H-pyrrole nitrogens is 1. The highest BCUT2D eigenvalue weighted by Crippen LogP contribution is 2.26. The van der Waals surface area contributed by atoms with Gasteiger partial charge in [-0.1, -0.05) is 0 Å². The van der Waals surface area contributed by atoms with Crippen LogP contribution in [0.2, 0.25) is 0 Å². The highest BCUT2D eigenvalue weighted by atomic mass is 19.1. The van der Waals surface area contributed by atoms with Gasteiger partial charge in [0.05, 0.1) is 11.2 Å². The average molecular weight is 209 g/mol. The summed E-state index contributed by atoms with van der Waals surface area (Å²) in [5.41, 5.74) is 0.765. The van der Waals surface area contributed by atoms with Crippen LogP contribution in [0.1, 0.15) is 23.0 Å². The summed E-state index contributed by atoms with van der Waals surface area (Å²) in [5, 5.41) is 0.153. The zero-order chi connectivity index (χ0) is 11.2. The number of Topliss-reactive ketones (excluding diaryl/α,β-unsaturated/α-hetero) is 1. The maximum Gasteiger partial charge on any atom is 0.176 e. The SMILES string of the molecule is CC(=O)c1[nH]c2c(F)ccc(F)c2c1C. The largest absolute Gasteiger partial charge is 0.349 e. The molecule has 0 radical (unpaired) electrons. The maximum absolute atomic E-state index is 13.4. The predicted molar refractivity (Wildman–Crippen MR) is 53.0 cm³/mol. The van der Waals surface area contributed by atoms with Gasteiger partial charge in [0.25, 0.3) is 0 Å². The van der Waals surface area contributed by atoms with Crippen LogP contribution >= 0.6 is 0 Å². The Morgan fingerprint density at radius 1 is 1.27 bits per heavy atom. The number of aromatic nitrogens is 1. The molecule has 1 aromatic heterocycles. The van der Waals surface area contributed by atoms with E-state index in [-0.39, 0.29) is 22.4 Å². The van der Waals surface area contributed by atoms with Gasteiger partial charge in [-0.3, -0.25) is 4.79 Å². The maximum atomic E-state index is 13.4. The molecule has 0 aliphatic carbocycles. The molecule has 78 valence electrons. The smallest absolute Gasteiger partial charge is 0.176 e. The van der Waals surface area contributed by atoms with Crippen molar-refractivity contribution in [1.82, 2.24) is 4.98 Å². The van der Waals surface area contributed by atoms with Crippen LogP contribution in [0.5, 0.6) is 0 Å². The number of aryl methyl sites for hydroxylation is 1. The van der Waals surface area contributed by atoms with E-state index in [0.29, 0.717) is 5.56 Å². The third-order valence-electron chi connectivity index (χ3n) is 2.46. The molecule has 4 heteroatoms. The van der Waals surface area contributed by atoms with Gasteiger partial charge in [0.15, 0.2) is 5.78 Å². The number of hydrogen-bond donors (Lipinski definition) is 1. The summed E-state index contributed by atoms with van der Waals surface area (Å²) in [7, 11) is 0. The van der Waals surface area contributed by atoms with Gasteiger partial charge in [-0.05, 0) is 24.6 Å². The van der Waals surface area contributed by atoms with Gasteiger partial charge in [0.2, 0.25) is 0 Å². The normalized spacial score (nSPS) is 10.9. The van der Waals surface area contributed by atoms with E-state index in [2.05, 4.69) is 4.98 Å². The molecule has 2 aromatic rings. The van der Waals surface area contributed by atoms with E-state index in [0.717, 1.165) is 12.1 Å². The van der Waals surface area contributed by atoms with Crippen molar-refractivity contribution in [2.24, 2.45) is 0 Å². The summed E-state index contributed by atoms with van der Waals surface area (Å²) in [5.74, 6) is -1.31. The van der Waals surface area contributed by atoms with Crippen molar-refractivity contribution in [3.63, 3.8) is 0 Å². The number of carbonyl (C=O) groups excluding carboxylic acids is 1. The van der Waals surface area contributed by atoms with Crippen LogP contribution in [0.4, 0.5) is 8.78 Å². The molecule has 0 unspecified atom stereocenters. The fourth-order valence-electron chi connectivity index (χ4n) is 1.74. The molecular weight excluding hydrogens is 200 g/mol. The molecule has 0 amide bonds. The van der Waals surface area contributed by atoms with Crippen molar-refractivity contribution in [2.75, 3.05) is 0 Å². The van der Waals surface area contributed by atoms with E-state index in [1.807, 2.05) is 0 Å². The lowest BCUT2D eigenvalue weighted by molar-refractivity contribution is 0.101. The fourth-order valence-corrected chi connectivity index (χ4v) is 1.74. The monoisotopic (exact) mass is 209 g/mol. The molecule has 0 bridgehead atoms. The lowest BCUT2D eigenvalue weighted by Gasteiger charge is -1.95. The zero-order valence-corrected chi connectivity index (χ0v) is 8.32. The molecule has 0 saturated heterocycles. The number of ketones is 1. The first kappa shape index (κ1) is 9.83. The molecular formula is C11H9F2NO. The lowest BCUT2D eigenvalue weighted by Crippen LogP contribution is -1.94. The van der Waals surface area contributed by atoms with Crippen molar-refractivity contribution >= 4 is 16.7 Å². The molecule has 0 saturated carbocycles. The second kappa shape index (κ2) is 3.15. The Balaban J connectivity index is 2.93. The van der Waals surface area contributed by atoms with E-state index >= 15 is 0 Å². The van der Waals surface area contributed by atoms with Crippen LogP contribution in [0.25, 0.3) is 10.9 Å².